The second-order valence-corrected chi connectivity index (χ2v) is 7.11. The summed E-state index contributed by atoms with van der Waals surface area (Å²) in [5, 5.41) is 8.42. The van der Waals surface area contributed by atoms with Crippen LogP contribution in [0.2, 0.25) is 0 Å². The Balaban J connectivity index is 0.000000482. The zero-order chi connectivity index (χ0) is 23.3. The fourth-order valence-corrected chi connectivity index (χ4v) is 2.70. The lowest BCUT2D eigenvalue weighted by atomic mass is 10.1. The number of rotatable bonds is 14. The molecule has 0 saturated heterocycles. The Morgan fingerprint density at radius 3 is 1.53 bits per heavy atom. The van der Waals surface area contributed by atoms with Crippen LogP contribution >= 0.6 is 0 Å². The number of unbranched alkanes of at least 4 members (excludes halogenated alkanes) is 5. The fraction of sp³-hybridized carbons (Fsp3) is 0.462. The van der Waals surface area contributed by atoms with Gasteiger partial charge in [-0.1, -0.05) is 75.4 Å². The summed E-state index contributed by atoms with van der Waals surface area (Å²) in [5.74, 6) is -0.769. The summed E-state index contributed by atoms with van der Waals surface area (Å²) in [5.41, 5.74) is 1.01. The van der Waals surface area contributed by atoms with Gasteiger partial charge in [-0.25, -0.2) is 9.59 Å². The normalized spacial score (nSPS) is 10.1. The van der Waals surface area contributed by atoms with E-state index >= 15 is 0 Å². The maximum atomic E-state index is 11.6. The minimum Gasteiger partial charge on any atom is -0.460 e. The first-order valence-corrected chi connectivity index (χ1v) is 11.3. The Hall–Kier alpha value is -2.70. The highest BCUT2D eigenvalue weighted by molar-refractivity contribution is 5.89. The van der Waals surface area contributed by atoms with Gasteiger partial charge in [0.2, 0.25) is 0 Å². The van der Waals surface area contributed by atoms with Gasteiger partial charge in [-0.15, -0.1) is 0 Å². The van der Waals surface area contributed by atoms with Crippen LogP contribution < -0.4 is 0 Å². The summed E-state index contributed by atoms with van der Waals surface area (Å²) in [6, 6.07) is 17.5. The van der Waals surface area contributed by atoms with Crippen molar-refractivity contribution in [2.45, 2.75) is 45.4 Å². The molecule has 0 spiro atoms. The van der Waals surface area contributed by atoms with Crippen LogP contribution in [0.3, 0.4) is 0 Å². The summed E-state index contributed by atoms with van der Waals surface area (Å²) in [4.78, 5) is 23.3. The van der Waals surface area contributed by atoms with Gasteiger partial charge in [0.15, 0.2) is 0 Å². The molecule has 0 bridgehead atoms. The molecule has 0 aromatic heterocycles. The second-order valence-electron chi connectivity index (χ2n) is 7.11. The number of benzene rings is 2. The lowest BCUT2D eigenvalue weighted by Crippen LogP contribution is -2.14. The van der Waals surface area contributed by atoms with E-state index < -0.39 is 0 Å². The van der Waals surface area contributed by atoms with Crippen molar-refractivity contribution >= 4 is 11.9 Å². The van der Waals surface area contributed by atoms with Crippen molar-refractivity contribution < 1.29 is 28.9 Å². The summed E-state index contributed by atoms with van der Waals surface area (Å²) < 4.78 is 15.4. The highest BCUT2D eigenvalue weighted by atomic mass is 16.6. The Bertz CT molecular complexity index is 656. The Kier molecular flexibility index (Phi) is 16.2. The van der Waals surface area contributed by atoms with E-state index in [0.717, 1.165) is 6.42 Å². The van der Waals surface area contributed by atoms with Crippen LogP contribution in [0.5, 0.6) is 0 Å². The van der Waals surface area contributed by atoms with Crippen LogP contribution in [0.25, 0.3) is 0 Å². The highest BCUT2D eigenvalue weighted by Crippen LogP contribution is 2.04. The van der Waals surface area contributed by atoms with Crippen LogP contribution in [0.1, 0.15) is 66.2 Å². The maximum absolute atomic E-state index is 11.6. The molecule has 0 amide bonds. The third-order valence-electron chi connectivity index (χ3n) is 4.45. The molecular formula is C26H36O6. The largest absolute Gasteiger partial charge is 0.460 e. The molecule has 0 unspecified atom stereocenters. The molecule has 0 aliphatic carbocycles. The zero-order valence-corrected chi connectivity index (χ0v) is 19.0. The molecule has 0 aliphatic heterocycles. The number of carbonyl (C=O) groups excluding carboxylic acids is 2. The van der Waals surface area contributed by atoms with E-state index in [-0.39, 0.29) is 38.4 Å². The first kappa shape index (κ1) is 27.3. The minimum atomic E-state index is -0.385. The molecule has 176 valence electrons. The van der Waals surface area contributed by atoms with Crippen molar-refractivity contribution in [3.8, 4) is 0 Å². The molecule has 2 aromatic rings. The van der Waals surface area contributed by atoms with Gasteiger partial charge in [0.1, 0.15) is 13.2 Å². The number of hydrogen-bond donors (Lipinski definition) is 1. The van der Waals surface area contributed by atoms with E-state index in [0.29, 0.717) is 17.7 Å². The van der Waals surface area contributed by atoms with Crippen molar-refractivity contribution in [1.82, 2.24) is 0 Å². The zero-order valence-electron chi connectivity index (χ0n) is 19.0. The highest BCUT2D eigenvalue weighted by Gasteiger charge is 2.06. The Morgan fingerprint density at radius 1 is 0.656 bits per heavy atom. The van der Waals surface area contributed by atoms with Gasteiger partial charge in [0.25, 0.3) is 0 Å². The number of aliphatic hydroxyl groups excluding tert-OH is 1. The quantitative estimate of drug-likeness (QED) is 0.324. The average Bonchev–Trinajstić information content (AvgIpc) is 2.84. The smallest absolute Gasteiger partial charge is 0.338 e. The van der Waals surface area contributed by atoms with Gasteiger partial charge in [-0.2, -0.15) is 0 Å². The summed E-state index contributed by atoms with van der Waals surface area (Å²) >= 11 is 0. The van der Waals surface area contributed by atoms with Gasteiger partial charge in [-0.3, -0.25) is 0 Å². The van der Waals surface area contributed by atoms with E-state index in [4.69, 9.17) is 19.3 Å². The van der Waals surface area contributed by atoms with Crippen LogP contribution in [-0.2, 0) is 14.2 Å². The van der Waals surface area contributed by atoms with Crippen molar-refractivity contribution in [3.63, 3.8) is 0 Å². The third kappa shape index (κ3) is 13.6. The first-order valence-electron chi connectivity index (χ1n) is 11.3. The molecular weight excluding hydrogens is 408 g/mol. The molecule has 1 N–H and O–H groups in total. The van der Waals surface area contributed by atoms with Crippen molar-refractivity contribution in [2.75, 3.05) is 33.0 Å². The molecule has 0 radical (unpaired) electrons. The molecule has 2 rings (SSSR count). The lowest BCUT2D eigenvalue weighted by Gasteiger charge is -2.07. The van der Waals surface area contributed by atoms with E-state index in [9.17, 15) is 9.59 Å². The van der Waals surface area contributed by atoms with E-state index in [1.807, 2.05) is 12.1 Å². The van der Waals surface area contributed by atoms with Gasteiger partial charge in [0.05, 0.1) is 24.3 Å². The monoisotopic (exact) mass is 444 g/mol. The van der Waals surface area contributed by atoms with Crippen LogP contribution in [0, 0.1) is 0 Å². The summed E-state index contributed by atoms with van der Waals surface area (Å²) in [7, 11) is 0. The van der Waals surface area contributed by atoms with Gasteiger partial charge in [-0.05, 0) is 30.7 Å². The Labute approximate surface area is 191 Å². The summed E-state index contributed by atoms with van der Waals surface area (Å²) in [6.07, 6.45) is 7.50. The molecule has 0 fully saturated rings. The van der Waals surface area contributed by atoms with E-state index in [1.54, 1.807) is 48.5 Å². The molecule has 6 nitrogen and oxygen atoms in total. The minimum absolute atomic E-state index is 0.153. The molecule has 0 saturated carbocycles. The number of hydrogen-bond acceptors (Lipinski definition) is 6. The van der Waals surface area contributed by atoms with Crippen molar-refractivity contribution in [1.29, 1.82) is 0 Å². The average molecular weight is 445 g/mol. The number of carbonyl (C=O) groups is 2. The maximum Gasteiger partial charge on any atom is 0.338 e. The molecule has 6 heteroatoms. The van der Waals surface area contributed by atoms with Crippen LogP contribution in [0.15, 0.2) is 60.7 Å². The number of aliphatic hydroxyl groups is 1. The van der Waals surface area contributed by atoms with Gasteiger partial charge < -0.3 is 19.3 Å². The predicted octanol–water partition coefficient (Wildman–Crippen LogP) is 5.06. The fourth-order valence-electron chi connectivity index (χ4n) is 2.70. The van der Waals surface area contributed by atoms with Gasteiger partial charge >= 0.3 is 11.9 Å². The first-order chi connectivity index (χ1) is 15.7. The molecule has 0 atom stereocenters. The third-order valence-corrected chi connectivity index (χ3v) is 4.45. The molecule has 0 heterocycles. The standard InChI is InChI=1S/C18H18O5.C8H18O/c19-17(15-7-3-1-4-8-15)22-13-11-21-12-14-23-18(20)16-9-5-2-6-10-16;1-2-3-4-5-6-7-8-9/h1-10H,11-14H2;9H,2-8H2,1H3. The predicted molar refractivity (Wildman–Crippen MR) is 125 cm³/mol. The van der Waals surface area contributed by atoms with E-state index in [1.165, 1.54) is 32.1 Å². The SMILES string of the molecule is CCCCCCCCO.O=C(OCCOCCOC(=O)c1ccccc1)c1ccccc1. The Morgan fingerprint density at radius 2 is 1.09 bits per heavy atom. The van der Waals surface area contributed by atoms with Crippen molar-refractivity contribution in [2.24, 2.45) is 0 Å². The van der Waals surface area contributed by atoms with E-state index in [2.05, 4.69) is 6.92 Å². The molecule has 32 heavy (non-hydrogen) atoms. The lowest BCUT2D eigenvalue weighted by molar-refractivity contribution is 0.0151. The van der Waals surface area contributed by atoms with Crippen LogP contribution in [0.4, 0.5) is 0 Å². The number of ether oxygens (including phenoxy) is 3. The molecule has 2 aromatic carbocycles. The van der Waals surface area contributed by atoms with Gasteiger partial charge in [0, 0.05) is 6.61 Å². The molecule has 0 aliphatic rings. The number of esters is 2. The topological polar surface area (TPSA) is 82.1 Å². The van der Waals surface area contributed by atoms with Crippen molar-refractivity contribution in [3.05, 3.63) is 71.8 Å². The second kappa shape index (κ2) is 19.0. The van der Waals surface area contributed by atoms with Crippen LogP contribution in [-0.4, -0.2) is 50.1 Å². The summed E-state index contributed by atoms with van der Waals surface area (Å²) in [6.45, 7) is 3.39.